The number of carbonyl (C=O) groups excluding carboxylic acids is 1. The highest BCUT2D eigenvalue weighted by molar-refractivity contribution is 5.91. The number of para-hydroxylation sites is 1. The molecule has 3 rings (SSSR count). The minimum atomic E-state index is -0.362. The van der Waals surface area contributed by atoms with E-state index in [1.807, 2.05) is 30.3 Å². The molecule has 1 N–H and O–H groups in total. The number of benzene rings is 2. The number of carbonyl (C=O) groups is 1. The lowest BCUT2D eigenvalue weighted by atomic mass is 10.2. The van der Waals surface area contributed by atoms with Gasteiger partial charge in [-0.2, -0.15) is 0 Å². The van der Waals surface area contributed by atoms with E-state index in [-0.39, 0.29) is 17.5 Å². The van der Waals surface area contributed by atoms with Crippen LogP contribution in [-0.4, -0.2) is 40.9 Å². The van der Waals surface area contributed by atoms with Crippen molar-refractivity contribution in [1.82, 2.24) is 20.1 Å². The summed E-state index contributed by atoms with van der Waals surface area (Å²) in [6.07, 6.45) is 0.701. The largest absolute Gasteiger partial charge is 0.385 e. The van der Waals surface area contributed by atoms with E-state index in [1.54, 1.807) is 23.9 Å². The van der Waals surface area contributed by atoms with Gasteiger partial charge in [0.25, 0.3) is 5.91 Å². The maximum atomic E-state index is 13.2. The van der Waals surface area contributed by atoms with Crippen molar-refractivity contribution in [2.24, 2.45) is 0 Å². The quantitative estimate of drug-likeness (QED) is 0.663. The summed E-state index contributed by atoms with van der Waals surface area (Å²) in [5, 5.41) is 7.12. The smallest absolute Gasteiger partial charge is 0.290 e. The highest BCUT2D eigenvalue weighted by Crippen LogP contribution is 2.21. The number of halogens is 1. The van der Waals surface area contributed by atoms with E-state index in [9.17, 15) is 9.18 Å². The average molecular weight is 354 g/mol. The summed E-state index contributed by atoms with van der Waals surface area (Å²) in [4.78, 5) is 16.7. The molecule has 6 nitrogen and oxygen atoms in total. The number of ether oxygens (including phenoxy) is 1. The van der Waals surface area contributed by atoms with Crippen LogP contribution in [0.3, 0.4) is 0 Å². The molecule has 2 aromatic carbocycles. The third kappa shape index (κ3) is 4.12. The Morgan fingerprint density at radius 3 is 2.58 bits per heavy atom. The lowest BCUT2D eigenvalue weighted by Crippen LogP contribution is -2.26. The number of aromatic nitrogens is 3. The van der Waals surface area contributed by atoms with Crippen LogP contribution < -0.4 is 5.32 Å². The van der Waals surface area contributed by atoms with E-state index in [2.05, 4.69) is 15.4 Å². The molecular formula is C19H19FN4O2. The molecule has 0 saturated carbocycles. The molecule has 0 aliphatic rings. The first-order valence-electron chi connectivity index (χ1n) is 8.24. The molecule has 0 saturated heterocycles. The molecule has 0 unspecified atom stereocenters. The summed E-state index contributed by atoms with van der Waals surface area (Å²) in [5.41, 5.74) is 1.43. The van der Waals surface area contributed by atoms with E-state index >= 15 is 0 Å². The highest BCUT2D eigenvalue weighted by atomic mass is 19.1. The van der Waals surface area contributed by atoms with E-state index in [0.717, 1.165) is 5.69 Å². The Morgan fingerprint density at radius 2 is 1.88 bits per heavy atom. The molecule has 0 atom stereocenters. The second kappa shape index (κ2) is 8.35. The average Bonchev–Trinajstić information content (AvgIpc) is 3.12. The third-order valence-electron chi connectivity index (χ3n) is 3.72. The van der Waals surface area contributed by atoms with Gasteiger partial charge in [0.1, 0.15) is 5.82 Å². The normalized spacial score (nSPS) is 10.7. The first-order valence-corrected chi connectivity index (χ1v) is 8.24. The molecule has 7 heteroatoms. The standard InChI is InChI=1S/C19H19FN4O2/c1-26-13-5-12-21-19(25)17-22-18(14-8-10-15(20)11-9-14)24(23-17)16-6-3-2-4-7-16/h2-4,6-11H,5,12-13H2,1H3,(H,21,25). The molecule has 1 heterocycles. The van der Waals surface area contributed by atoms with Gasteiger partial charge in [-0.25, -0.2) is 14.1 Å². The Labute approximate surface area is 150 Å². The lowest BCUT2D eigenvalue weighted by Gasteiger charge is -2.05. The van der Waals surface area contributed by atoms with Crippen LogP contribution in [0, 0.1) is 5.82 Å². The van der Waals surface area contributed by atoms with Crippen molar-refractivity contribution in [2.75, 3.05) is 20.3 Å². The van der Waals surface area contributed by atoms with Crippen molar-refractivity contribution in [3.63, 3.8) is 0 Å². The molecular weight excluding hydrogens is 335 g/mol. The van der Waals surface area contributed by atoms with Crippen LogP contribution in [0.2, 0.25) is 0 Å². The SMILES string of the molecule is COCCCNC(=O)c1nc(-c2ccc(F)cc2)n(-c2ccccc2)n1. The molecule has 3 aromatic rings. The van der Waals surface area contributed by atoms with Crippen LogP contribution in [-0.2, 0) is 4.74 Å². The topological polar surface area (TPSA) is 69.0 Å². The zero-order valence-corrected chi connectivity index (χ0v) is 14.4. The Hall–Kier alpha value is -3.06. The van der Waals surface area contributed by atoms with Crippen molar-refractivity contribution >= 4 is 5.91 Å². The minimum absolute atomic E-state index is 0.0607. The van der Waals surface area contributed by atoms with Crippen LogP contribution >= 0.6 is 0 Å². The van der Waals surface area contributed by atoms with Crippen molar-refractivity contribution < 1.29 is 13.9 Å². The Kier molecular flexibility index (Phi) is 5.70. The van der Waals surface area contributed by atoms with Gasteiger partial charge in [-0.05, 0) is 42.8 Å². The molecule has 0 aliphatic heterocycles. The Balaban J connectivity index is 1.93. The molecule has 1 amide bonds. The second-order valence-corrected chi connectivity index (χ2v) is 5.62. The fraction of sp³-hybridized carbons (Fsp3) is 0.211. The van der Waals surface area contributed by atoms with Gasteiger partial charge < -0.3 is 10.1 Å². The number of hydrogen-bond donors (Lipinski definition) is 1. The van der Waals surface area contributed by atoms with Crippen LogP contribution in [0.15, 0.2) is 54.6 Å². The van der Waals surface area contributed by atoms with Crippen LogP contribution in [0.4, 0.5) is 4.39 Å². The van der Waals surface area contributed by atoms with Crippen molar-refractivity contribution in [1.29, 1.82) is 0 Å². The summed E-state index contributed by atoms with van der Waals surface area (Å²) in [5.74, 6) is -0.168. The first-order chi connectivity index (χ1) is 12.7. The van der Waals surface area contributed by atoms with E-state index in [4.69, 9.17) is 4.74 Å². The molecule has 1 aromatic heterocycles. The molecule has 0 spiro atoms. The van der Waals surface area contributed by atoms with E-state index < -0.39 is 0 Å². The van der Waals surface area contributed by atoms with Crippen molar-refractivity contribution in [3.05, 3.63) is 66.2 Å². The lowest BCUT2D eigenvalue weighted by molar-refractivity contribution is 0.0938. The van der Waals surface area contributed by atoms with E-state index in [1.165, 1.54) is 12.1 Å². The highest BCUT2D eigenvalue weighted by Gasteiger charge is 2.18. The number of nitrogens with zero attached hydrogens (tertiary/aromatic N) is 3. The van der Waals surface area contributed by atoms with Gasteiger partial charge in [-0.3, -0.25) is 4.79 Å². The molecule has 134 valence electrons. The Bertz CT molecular complexity index is 863. The number of methoxy groups -OCH3 is 1. The van der Waals surface area contributed by atoms with Gasteiger partial charge in [-0.15, -0.1) is 5.10 Å². The molecule has 0 fully saturated rings. The monoisotopic (exact) mass is 354 g/mol. The van der Waals surface area contributed by atoms with Gasteiger partial charge in [0.2, 0.25) is 5.82 Å². The molecule has 0 radical (unpaired) electrons. The summed E-state index contributed by atoms with van der Waals surface area (Å²) < 4.78 is 19.8. The maximum Gasteiger partial charge on any atom is 0.290 e. The zero-order chi connectivity index (χ0) is 18.4. The minimum Gasteiger partial charge on any atom is -0.385 e. The van der Waals surface area contributed by atoms with Crippen molar-refractivity contribution in [2.45, 2.75) is 6.42 Å². The number of amides is 1. The molecule has 0 bridgehead atoms. The summed E-state index contributed by atoms with van der Waals surface area (Å²) in [6.45, 7) is 1.03. The summed E-state index contributed by atoms with van der Waals surface area (Å²) in [7, 11) is 1.61. The predicted octanol–water partition coefficient (Wildman–Crippen LogP) is 2.84. The fourth-order valence-corrected chi connectivity index (χ4v) is 2.44. The molecule has 0 aliphatic carbocycles. The van der Waals surface area contributed by atoms with Crippen LogP contribution in [0.5, 0.6) is 0 Å². The fourth-order valence-electron chi connectivity index (χ4n) is 2.44. The van der Waals surface area contributed by atoms with Gasteiger partial charge in [0.05, 0.1) is 5.69 Å². The predicted molar refractivity (Wildman–Crippen MR) is 95.6 cm³/mol. The molecule has 26 heavy (non-hydrogen) atoms. The number of rotatable bonds is 7. The first kappa shape index (κ1) is 17.8. The van der Waals surface area contributed by atoms with Gasteiger partial charge in [-0.1, -0.05) is 18.2 Å². The third-order valence-corrected chi connectivity index (χ3v) is 3.72. The van der Waals surface area contributed by atoms with Crippen LogP contribution in [0.25, 0.3) is 17.1 Å². The number of nitrogens with one attached hydrogen (secondary N) is 1. The van der Waals surface area contributed by atoms with Crippen LogP contribution in [0.1, 0.15) is 17.0 Å². The summed E-state index contributed by atoms with van der Waals surface area (Å²) in [6, 6.07) is 15.3. The summed E-state index contributed by atoms with van der Waals surface area (Å²) >= 11 is 0. The second-order valence-electron chi connectivity index (χ2n) is 5.62. The number of hydrogen-bond acceptors (Lipinski definition) is 4. The van der Waals surface area contributed by atoms with E-state index in [0.29, 0.717) is 31.0 Å². The van der Waals surface area contributed by atoms with Gasteiger partial charge >= 0.3 is 0 Å². The Morgan fingerprint density at radius 1 is 1.15 bits per heavy atom. The van der Waals surface area contributed by atoms with Crippen molar-refractivity contribution in [3.8, 4) is 17.1 Å². The van der Waals surface area contributed by atoms with Gasteiger partial charge in [0.15, 0.2) is 5.82 Å². The zero-order valence-electron chi connectivity index (χ0n) is 14.4. The maximum absolute atomic E-state index is 13.2. The van der Waals surface area contributed by atoms with Gasteiger partial charge in [0, 0.05) is 25.8 Å².